The Labute approximate surface area is 127 Å². The number of rotatable bonds is 4. The second kappa shape index (κ2) is 6.58. The highest BCUT2D eigenvalue weighted by Gasteiger charge is 2.17. The van der Waals surface area contributed by atoms with Crippen LogP contribution < -0.4 is 0 Å². The molecule has 0 spiro atoms. The highest BCUT2D eigenvalue weighted by Crippen LogP contribution is 2.23. The number of hydrogen-bond acceptors (Lipinski definition) is 1. The second-order valence-corrected chi connectivity index (χ2v) is 5.52. The summed E-state index contributed by atoms with van der Waals surface area (Å²) >= 11 is 2.93. The van der Waals surface area contributed by atoms with Crippen LogP contribution in [0.25, 0.3) is 0 Å². The molecule has 0 saturated carbocycles. The highest BCUT2D eigenvalue weighted by molar-refractivity contribution is 9.10. The van der Waals surface area contributed by atoms with E-state index in [1.807, 2.05) is 0 Å². The smallest absolute Gasteiger partial charge is 0.143 e. The SMILES string of the molecule is OC(Cc1cc(F)cc(F)c1)Cc1c(F)ccc(Br)c1F. The van der Waals surface area contributed by atoms with Crippen molar-refractivity contribution < 1.29 is 22.7 Å². The van der Waals surface area contributed by atoms with Gasteiger partial charge in [0.2, 0.25) is 0 Å². The molecule has 1 unspecified atom stereocenters. The summed E-state index contributed by atoms with van der Waals surface area (Å²) in [5, 5.41) is 9.88. The van der Waals surface area contributed by atoms with Gasteiger partial charge in [-0.15, -0.1) is 0 Å². The average molecular weight is 363 g/mol. The van der Waals surface area contributed by atoms with E-state index in [1.54, 1.807) is 0 Å². The predicted octanol–water partition coefficient (Wildman–Crippen LogP) is 4.15. The Kier molecular flexibility index (Phi) is 5.00. The van der Waals surface area contributed by atoms with Gasteiger partial charge in [0.1, 0.15) is 23.3 Å². The van der Waals surface area contributed by atoms with Gasteiger partial charge in [0.15, 0.2) is 0 Å². The van der Waals surface area contributed by atoms with Crippen molar-refractivity contribution in [2.45, 2.75) is 18.9 Å². The Balaban J connectivity index is 2.15. The lowest BCUT2D eigenvalue weighted by Gasteiger charge is -2.13. The molecule has 1 N–H and O–H groups in total. The third-order valence-electron chi connectivity index (χ3n) is 2.97. The quantitative estimate of drug-likeness (QED) is 0.639. The first-order chi connectivity index (χ1) is 9.86. The predicted molar refractivity (Wildman–Crippen MR) is 73.8 cm³/mol. The Morgan fingerprint density at radius 1 is 0.952 bits per heavy atom. The van der Waals surface area contributed by atoms with E-state index in [4.69, 9.17) is 0 Å². The monoisotopic (exact) mass is 362 g/mol. The van der Waals surface area contributed by atoms with Gasteiger partial charge in [-0.2, -0.15) is 0 Å². The second-order valence-electron chi connectivity index (χ2n) is 4.66. The van der Waals surface area contributed by atoms with Gasteiger partial charge in [-0.1, -0.05) is 0 Å². The molecular weight excluding hydrogens is 352 g/mol. The van der Waals surface area contributed by atoms with Gasteiger partial charge < -0.3 is 5.11 Å². The van der Waals surface area contributed by atoms with E-state index in [-0.39, 0.29) is 28.4 Å². The van der Waals surface area contributed by atoms with Crippen LogP contribution in [-0.4, -0.2) is 11.2 Å². The van der Waals surface area contributed by atoms with Gasteiger partial charge in [-0.25, -0.2) is 17.6 Å². The van der Waals surface area contributed by atoms with Crippen molar-refractivity contribution in [2.75, 3.05) is 0 Å². The van der Waals surface area contributed by atoms with Crippen LogP contribution in [0.2, 0.25) is 0 Å². The fraction of sp³-hybridized carbons (Fsp3) is 0.200. The van der Waals surface area contributed by atoms with Crippen molar-refractivity contribution >= 4 is 15.9 Å². The van der Waals surface area contributed by atoms with Gasteiger partial charge in [0.05, 0.1) is 10.6 Å². The molecule has 112 valence electrons. The molecule has 2 rings (SSSR count). The van der Waals surface area contributed by atoms with E-state index in [2.05, 4.69) is 15.9 Å². The molecule has 0 amide bonds. The van der Waals surface area contributed by atoms with Crippen molar-refractivity contribution in [2.24, 2.45) is 0 Å². The van der Waals surface area contributed by atoms with Crippen molar-refractivity contribution in [1.29, 1.82) is 0 Å². The molecule has 0 saturated heterocycles. The minimum Gasteiger partial charge on any atom is -0.392 e. The van der Waals surface area contributed by atoms with Gasteiger partial charge in [-0.05, 0) is 52.2 Å². The summed E-state index contributed by atoms with van der Waals surface area (Å²) in [4.78, 5) is 0. The standard InChI is InChI=1S/C15H11BrF4O/c16-13-1-2-14(19)12(15(13)20)7-11(21)5-8-3-9(17)6-10(18)4-8/h1-4,6,11,21H,5,7H2. The number of aliphatic hydroxyl groups excluding tert-OH is 1. The Morgan fingerprint density at radius 2 is 1.57 bits per heavy atom. The Morgan fingerprint density at radius 3 is 2.19 bits per heavy atom. The van der Waals surface area contributed by atoms with Crippen LogP contribution in [0.3, 0.4) is 0 Å². The van der Waals surface area contributed by atoms with Gasteiger partial charge >= 0.3 is 0 Å². The lowest BCUT2D eigenvalue weighted by molar-refractivity contribution is 0.172. The van der Waals surface area contributed by atoms with Gasteiger partial charge in [0.25, 0.3) is 0 Å². The Hall–Kier alpha value is -1.40. The van der Waals surface area contributed by atoms with Crippen molar-refractivity contribution in [3.63, 3.8) is 0 Å². The molecule has 0 aliphatic heterocycles. The zero-order valence-electron chi connectivity index (χ0n) is 10.7. The molecule has 2 aromatic carbocycles. The van der Waals surface area contributed by atoms with E-state index in [0.29, 0.717) is 6.07 Å². The first-order valence-corrected chi connectivity index (χ1v) is 6.91. The molecule has 0 aliphatic rings. The average Bonchev–Trinajstić information content (AvgIpc) is 2.38. The fourth-order valence-corrected chi connectivity index (χ4v) is 2.44. The third kappa shape index (κ3) is 4.04. The lowest BCUT2D eigenvalue weighted by atomic mass is 10.0. The van der Waals surface area contributed by atoms with Gasteiger partial charge in [-0.3, -0.25) is 0 Å². The molecule has 0 heterocycles. The minimum absolute atomic E-state index is 0.0860. The maximum absolute atomic E-state index is 13.8. The number of halogens is 5. The van der Waals surface area contributed by atoms with Crippen LogP contribution in [0.4, 0.5) is 17.6 Å². The molecule has 0 bridgehead atoms. The van der Waals surface area contributed by atoms with Crippen LogP contribution in [0.5, 0.6) is 0 Å². The summed E-state index contributed by atoms with van der Waals surface area (Å²) in [5.41, 5.74) is -0.0513. The van der Waals surface area contributed by atoms with Crippen molar-refractivity contribution in [1.82, 2.24) is 0 Å². The van der Waals surface area contributed by atoms with Crippen LogP contribution in [0.15, 0.2) is 34.8 Å². The molecule has 0 aliphatic carbocycles. The van der Waals surface area contributed by atoms with Crippen LogP contribution >= 0.6 is 15.9 Å². The van der Waals surface area contributed by atoms with Crippen LogP contribution in [-0.2, 0) is 12.8 Å². The van der Waals surface area contributed by atoms with E-state index < -0.39 is 29.4 Å². The fourth-order valence-electron chi connectivity index (χ4n) is 2.06. The zero-order valence-corrected chi connectivity index (χ0v) is 12.3. The molecular formula is C15H11BrF4O. The van der Waals surface area contributed by atoms with Crippen molar-refractivity contribution in [3.8, 4) is 0 Å². The van der Waals surface area contributed by atoms with E-state index in [9.17, 15) is 22.7 Å². The zero-order chi connectivity index (χ0) is 15.6. The summed E-state index contributed by atoms with van der Waals surface area (Å²) in [6, 6.07) is 5.16. The molecule has 0 aromatic heterocycles. The number of hydrogen-bond donors (Lipinski definition) is 1. The molecule has 1 atom stereocenters. The maximum atomic E-state index is 13.8. The Bertz CT molecular complexity index is 640. The summed E-state index contributed by atoms with van der Waals surface area (Å²) in [6.07, 6.45) is -1.57. The molecule has 0 radical (unpaired) electrons. The highest BCUT2D eigenvalue weighted by atomic mass is 79.9. The normalized spacial score (nSPS) is 12.5. The number of aliphatic hydroxyl groups is 1. The summed E-state index contributed by atoms with van der Waals surface area (Å²) < 4.78 is 53.5. The summed E-state index contributed by atoms with van der Waals surface area (Å²) in [7, 11) is 0. The lowest BCUT2D eigenvalue weighted by Crippen LogP contribution is -2.16. The van der Waals surface area contributed by atoms with E-state index in [0.717, 1.165) is 18.2 Å². The first-order valence-electron chi connectivity index (χ1n) is 6.12. The topological polar surface area (TPSA) is 20.2 Å². The number of benzene rings is 2. The molecule has 21 heavy (non-hydrogen) atoms. The summed E-state index contributed by atoms with van der Waals surface area (Å²) in [6.45, 7) is 0. The van der Waals surface area contributed by atoms with Crippen LogP contribution in [0, 0.1) is 23.3 Å². The first kappa shape index (κ1) is 16.0. The largest absolute Gasteiger partial charge is 0.392 e. The van der Waals surface area contributed by atoms with Gasteiger partial charge in [0, 0.05) is 18.1 Å². The molecule has 0 fully saturated rings. The van der Waals surface area contributed by atoms with E-state index >= 15 is 0 Å². The van der Waals surface area contributed by atoms with Crippen LogP contribution in [0.1, 0.15) is 11.1 Å². The third-order valence-corrected chi connectivity index (χ3v) is 3.58. The minimum atomic E-state index is -1.16. The molecule has 1 nitrogen and oxygen atoms in total. The summed E-state index contributed by atoms with van der Waals surface area (Å²) in [5.74, 6) is -3.10. The van der Waals surface area contributed by atoms with E-state index in [1.165, 1.54) is 6.07 Å². The van der Waals surface area contributed by atoms with Crippen molar-refractivity contribution in [3.05, 3.63) is 69.2 Å². The molecule has 6 heteroatoms. The maximum Gasteiger partial charge on any atom is 0.143 e. The molecule has 2 aromatic rings.